The smallest absolute Gasteiger partial charge is 0.229 e. The highest BCUT2D eigenvalue weighted by Gasteiger charge is 2.52. The third-order valence-corrected chi connectivity index (χ3v) is 9.02. The maximum atomic E-state index is 12.8. The molecule has 2 saturated heterocycles. The van der Waals surface area contributed by atoms with Crippen LogP contribution in [0.1, 0.15) is 56.7 Å². The Bertz CT molecular complexity index is 1060. The van der Waals surface area contributed by atoms with Crippen LogP contribution in [-0.2, 0) is 16.4 Å². The van der Waals surface area contributed by atoms with Crippen LogP contribution < -0.4 is 9.47 Å². The Balaban J connectivity index is 1.31. The van der Waals surface area contributed by atoms with Crippen LogP contribution in [0.3, 0.4) is 0 Å². The van der Waals surface area contributed by atoms with E-state index in [9.17, 15) is 8.42 Å². The van der Waals surface area contributed by atoms with Crippen molar-refractivity contribution in [2.75, 3.05) is 0 Å². The third-order valence-electron chi connectivity index (χ3n) is 6.52. The molecule has 166 valence electrons. The molecule has 1 aliphatic carbocycles. The summed E-state index contributed by atoms with van der Waals surface area (Å²) < 4.78 is 39.8. The molecule has 4 heterocycles. The Hall–Kier alpha value is -2.26. The maximum absolute atomic E-state index is 12.8. The van der Waals surface area contributed by atoms with Gasteiger partial charge in [0.25, 0.3) is 0 Å². The highest BCUT2D eigenvalue weighted by molar-refractivity contribution is 7.90. The Morgan fingerprint density at radius 2 is 1.77 bits per heavy atom. The van der Waals surface area contributed by atoms with Gasteiger partial charge in [-0.2, -0.15) is 4.31 Å². The minimum absolute atomic E-state index is 0.0368. The van der Waals surface area contributed by atoms with E-state index >= 15 is 0 Å². The molecule has 5 rings (SSSR count). The van der Waals surface area contributed by atoms with Gasteiger partial charge in [-0.05, 0) is 51.2 Å². The lowest BCUT2D eigenvalue weighted by atomic mass is 10.0. The van der Waals surface area contributed by atoms with Crippen molar-refractivity contribution >= 4 is 10.0 Å². The minimum atomic E-state index is -3.15. The largest absolute Gasteiger partial charge is 0.474 e. The van der Waals surface area contributed by atoms with Gasteiger partial charge in [-0.3, -0.25) is 4.98 Å². The molecule has 8 nitrogen and oxygen atoms in total. The predicted octanol–water partition coefficient (Wildman–Crippen LogP) is 3.40. The molecule has 0 aromatic carbocycles. The number of aromatic nitrogens is 3. The van der Waals surface area contributed by atoms with Crippen LogP contribution >= 0.6 is 0 Å². The molecule has 31 heavy (non-hydrogen) atoms. The van der Waals surface area contributed by atoms with E-state index in [1.165, 1.54) is 6.33 Å². The molecule has 2 unspecified atom stereocenters. The first kappa shape index (κ1) is 20.6. The van der Waals surface area contributed by atoms with Crippen molar-refractivity contribution in [1.82, 2.24) is 19.3 Å². The highest BCUT2D eigenvalue weighted by Crippen LogP contribution is 2.44. The Kier molecular flexibility index (Phi) is 5.34. The van der Waals surface area contributed by atoms with Crippen LogP contribution in [0.5, 0.6) is 17.5 Å². The van der Waals surface area contributed by atoms with Crippen molar-refractivity contribution in [3.8, 4) is 17.5 Å². The predicted molar refractivity (Wildman–Crippen MR) is 115 cm³/mol. The zero-order valence-electron chi connectivity index (χ0n) is 17.9. The molecule has 2 atom stereocenters. The number of aryl methyl sites for hydroxylation is 1. The molecule has 3 fully saturated rings. The van der Waals surface area contributed by atoms with Crippen molar-refractivity contribution in [3.63, 3.8) is 0 Å². The average Bonchev–Trinajstić information content (AvgIpc) is 3.57. The third kappa shape index (κ3) is 3.89. The van der Waals surface area contributed by atoms with Crippen LogP contribution in [0.2, 0.25) is 0 Å². The Labute approximate surface area is 183 Å². The normalized spacial score (nSPS) is 26.1. The van der Waals surface area contributed by atoms with Crippen LogP contribution in [0.15, 0.2) is 24.7 Å². The standard InChI is InChI=1S/C22H28N4O4S/c1-3-19-20(5-4-10-23-19)30-22-14(2)21(24-13-25-22)29-17-11-15-6-7-16(12-17)26(15)31(27,28)18-8-9-18/h4-5,10,13,15-18H,3,6-9,11-12H2,1-2H3. The minimum Gasteiger partial charge on any atom is -0.474 e. The summed E-state index contributed by atoms with van der Waals surface area (Å²) in [5.41, 5.74) is 1.59. The number of ether oxygens (including phenoxy) is 2. The molecule has 1 saturated carbocycles. The number of hydrogen-bond acceptors (Lipinski definition) is 7. The summed E-state index contributed by atoms with van der Waals surface area (Å²) in [5.74, 6) is 1.62. The Morgan fingerprint density at radius 1 is 1.06 bits per heavy atom. The van der Waals surface area contributed by atoms with Crippen molar-refractivity contribution in [1.29, 1.82) is 0 Å². The zero-order valence-corrected chi connectivity index (χ0v) is 18.7. The number of piperidine rings is 1. The number of rotatable bonds is 7. The highest BCUT2D eigenvalue weighted by atomic mass is 32.2. The van der Waals surface area contributed by atoms with Gasteiger partial charge in [-0.25, -0.2) is 18.4 Å². The summed E-state index contributed by atoms with van der Waals surface area (Å²) >= 11 is 0. The summed E-state index contributed by atoms with van der Waals surface area (Å²) in [4.78, 5) is 13.0. The number of pyridine rings is 1. The van der Waals surface area contributed by atoms with Gasteiger partial charge in [0.15, 0.2) is 5.75 Å². The van der Waals surface area contributed by atoms with Crippen molar-refractivity contribution in [3.05, 3.63) is 35.9 Å². The summed E-state index contributed by atoms with van der Waals surface area (Å²) in [6.07, 6.45) is 8.72. The lowest BCUT2D eigenvalue weighted by Crippen LogP contribution is -2.50. The molecule has 9 heteroatoms. The van der Waals surface area contributed by atoms with E-state index < -0.39 is 10.0 Å². The zero-order chi connectivity index (χ0) is 21.6. The molecular weight excluding hydrogens is 416 g/mol. The van der Waals surface area contributed by atoms with Crippen LogP contribution in [0.25, 0.3) is 0 Å². The lowest BCUT2D eigenvalue weighted by molar-refractivity contribution is 0.0906. The average molecular weight is 445 g/mol. The van der Waals surface area contributed by atoms with Crippen molar-refractivity contribution in [2.45, 2.75) is 82.2 Å². The van der Waals surface area contributed by atoms with Crippen molar-refractivity contribution in [2.24, 2.45) is 0 Å². The first-order chi connectivity index (χ1) is 15.0. The number of nitrogens with zero attached hydrogens (tertiary/aromatic N) is 4. The maximum Gasteiger partial charge on any atom is 0.229 e. The van der Waals surface area contributed by atoms with Gasteiger partial charge in [0, 0.05) is 31.1 Å². The van der Waals surface area contributed by atoms with E-state index in [4.69, 9.17) is 9.47 Å². The topological polar surface area (TPSA) is 94.5 Å². The molecular formula is C22H28N4O4S. The van der Waals surface area contributed by atoms with Gasteiger partial charge >= 0.3 is 0 Å². The molecule has 0 amide bonds. The molecule has 0 spiro atoms. The molecule has 0 radical (unpaired) electrons. The van der Waals surface area contributed by atoms with Gasteiger partial charge in [0.2, 0.25) is 21.8 Å². The molecule has 2 aromatic rings. The Morgan fingerprint density at radius 3 is 2.45 bits per heavy atom. The second kappa shape index (κ2) is 8.02. The van der Waals surface area contributed by atoms with E-state index in [-0.39, 0.29) is 23.4 Å². The molecule has 2 aliphatic heterocycles. The second-order valence-electron chi connectivity index (χ2n) is 8.68. The second-order valence-corrected chi connectivity index (χ2v) is 10.8. The lowest BCUT2D eigenvalue weighted by Gasteiger charge is -2.37. The van der Waals surface area contributed by atoms with Gasteiger partial charge in [-0.15, -0.1) is 0 Å². The van der Waals surface area contributed by atoms with E-state index in [2.05, 4.69) is 15.0 Å². The quantitative estimate of drug-likeness (QED) is 0.646. The SMILES string of the molecule is CCc1ncccc1Oc1ncnc(OC2CC3CCC(C2)N3S(=O)(=O)C2CC2)c1C. The summed E-state index contributed by atoms with van der Waals surface area (Å²) in [5, 5.41) is -0.155. The van der Waals surface area contributed by atoms with Gasteiger partial charge in [0.05, 0.1) is 16.5 Å². The first-order valence-electron chi connectivity index (χ1n) is 11.1. The van der Waals surface area contributed by atoms with E-state index in [0.717, 1.165) is 43.4 Å². The van der Waals surface area contributed by atoms with E-state index in [0.29, 0.717) is 30.4 Å². The van der Waals surface area contributed by atoms with Gasteiger partial charge in [0.1, 0.15) is 12.4 Å². The molecule has 2 aromatic heterocycles. The summed E-state index contributed by atoms with van der Waals surface area (Å²) in [6.45, 7) is 3.91. The van der Waals surface area contributed by atoms with Crippen LogP contribution in [0, 0.1) is 6.92 Å². The molecule has 2 bridgehead atoms. The van der Waals surface area contributed by atoms with Crippen molar-refractivity contribution < 1.29 is 17.9 Å². The van der Waals surface area contributed by atoms with Gasteiger partial charge in [-0.1, -0.05) is 6.92 Å². The fourth-order valence-corrected chi connectivity index (χ4v) is 7.11. The number of fused-ring (bicyclic) bond motifs is 2. The number of sulfonamides is 1. The van der Waals surface area contributed by atoms with Crippen LogP contribution in [-0.4, -0.2) is 51.1 Å². The van der Waals surface area contributed by atoms with E-state index in [1.54, 1.807) is 10.5 Å². The van der Waals surface area contributed by atoms with Crippen LogP contribution in [0.4, 0.5) is 0 Å². The fraction of sp³-hybridized carbons (Fsp3) is 0.591. The summed E-state index contributed by atoms with van der Waals surface area (Å²) in [7, 11) is -3.15. The monoisotopic (exact) mass is 444 g/mol. The first-order valence-corrected chi connectivity index (χ1v) is 12.6. The fourth-order valence-electron chi connectivity index (χ4n) is 4.82. The number of hydrogen-bond donors (Lipinski definition) is 0. The van der Waals surface area contributed by atoms with E-state index in [1.807, 2.05) is 26.0 Å². The summed E-state index contributed by atoms with van der Waals surface area (Å²) in [6, 6.07) is 3.79. The van der Waals surface area contributed by atoms with Gasteiger partial charge < -0.3 is 9.47 Å². The molecule has 3 aliphatic rings. The molecule has 0 N–H and O–H groups in total.